The molecule has 0 fully saturated rings. The second kappa shape index (κ2) is 6.50. The molecule has 22 heavy (non-hydrogen) atoms. The molecule has 0 saturated heterocycles. The number of carbonyl (C=O) groups is 1. The normalized spacial score (nSPS) is 12.7. The lowest BCUT2D eigenvalue weighted by molar-refractivity contribution is 0.0936. The van der Waals surface area contributed by atoms with E-state index in [9.17, 15) is 13.2 Å². The Morgan fingerprint density at radius 1 is 1.09 bits per heavy atom. The number of sulfone groups is 1. The summed E-state index contributed by atoms with van der Waals surface area (Å²) in [5.74, 6) is -0.427. The summed E-state index contributed by atoms with van der Waals surface area (Å²) >= 11 is 5.83. The number of benzene rings is 2. The highest BCUT2D eigenvalue weighted by molar-refractivity contribution is 7.90. The Balaban J connectivity index is 2.25. The first-order chi connectivity index (χ1) is 10.3. The van der Waals surface area contributed by atoms with E-state index in [1.807, 2.05) is 19.1 Å². The molecule has 0 bridgehead atoms. The van der Waals surface area contributed by atoms with Crippen LogP contribution in [0.3, 0.4) is 0 Å². The molecule has 0 spiro atoms. The molecule has 2 aromatic rings. The van der Waals surface area contributed by atoms with Gasteiger partial charge in [-0.1, -0.05) is 35.9 Å². The topological polar surface area (TPSA) is 63.2 Å². The van der Waals surface area contributed by atoms with Crippen LogP contribution in [0, 0.1) is 0 Å². The molecule has 1 amide bonds. The van der Waals surface area contributed by atoms with Gasteiger partial charge in [-0.2, -0.15) is 0 Å². The SMILES string of the molecule is CC(NC(=O)c1ccccc1S(C)(=O)=O)c1ccc(Cl)cc1. The van der Waals surface area contributed by atoms with Crippen LogP contribution in [0.15, 0.2) is 53.4 Å². The van der Waals surface area contributed by atoms with E-state index in [1.165, 1.54) is 12.1 Å². The third kappa shape index (κ3) is 3.87. The Hall–Kier alpha value is -1.85. The molecular weight excluding hydrogens is 322 g/mol. The van der Waals surface area contributed by atoms with Crippen molar-refractivity contribution in [3.8, 4) is 0 Å². The molecule has 0 radical (unpaired) electrons. The van der Waals surface area contributed by atoms with Crippen molar-refractivity contribution in [1.29, 1.82) is 0 Å². The van der Waals surface area contributed by atoms with Gasteiger partial charge in [0, 0.05) is 11.3 Å². The minimum Gasteiger partial charge on any atom is -0.345 e. The summed E-state index contributed by atoms with van der Waals surface area (Å²) in [5, 5.41) is 3.41. The van der Waals surface area contributed by atoms with Gasteiger partial charge in [-0.05, 0) is 36.8 Å². The van der Waals surface area contributed by atoms with E-state index in [2.05, 4.69) is 5.32 Å². The van der Waals surface area contributed by atoms with E-state index in [-0.39, 0.29) is 16.5 Å². The highest BCUT2D eigenvalue weighted by Gasteiger charge is 2.19. The highest BCUT2D eigenvalue weighted by atomic mass is 35.5. The number of hydrogen-bond donors (Lipinski definition) is 1. The largest absolute Gasteiger partial charge is 0.345 e. The minimum absolute atomic E-state index is 0.0239. The monoisotopic (exact) mass is 337 g/mol. The van der Waals surface area contributed by atoms with Crippen molar-refractivity contribution >= 4 is 27.3 Å². The fourth-order valence-corrected chi connectivity index (χ4v) is 3.10. The maximum absolute atomic E-state index is 12.4. The summed E-state index contributed by atoms with van der Waals surface area (Å²) in [7, 11) is -3.46. The predicted octanol–water partition coefficient (Wildman–Crippen LogP) is 3.23. The molecule has 1 atom stereocenters. The van der Waals surface area contributed by atoms with Crippen molar-refractivity contribution in [3.63, 3.8) is 0 Å². The van der Waals surface area contributed by atoms with Crippen LogP contribution in [0.5, 0.6) is 0 Å². The van der Waals surface area contributed by atoms with Crippen molar-refractivity contribution in [3.05, 3.63) is 64.7 Å². The van der Waals surface area contributed by atoms with Crippen LogP contribution in [0.2, 0.25) is 5.02 Å². The fraction of sp³-hybridized carbons (Fsp3) is 0.188. The number of halogens is 1. The van der Waals surface area contributed by atoms with Gasteiger partial charge in [-0.25, -0.2) is 8.42 Å². The first-order valence-corrected chi connectivity index (χ1v) is 8.91. The van der Waals surface area contributed by atoms with E-state index < -0.39 is 15.7 Å². The second-order valence-electron chi connectivity index (χ2n) is 5.02. The second-order valence-corrected chi connectivity index (χ2v) is 7.44. The van der Waals surface area contributed by atoms with Gasteiger partial charge < -0.3 is 5.32 Å². The number of rotatable bonds is 4. The molecule has 0 aliphatic carbocycles. The maximum atomic E-state index is 12.4. The molecule has 2 aromatic carbocycles. The zero-order chi connectivity index (χ0) is 16.3. The Morgan fingerprint density at radius 2 is 1.68 bits per heavy atom. The quantitative estimate of drug-likeness (QED) is 0.931. The smallest absolute Gasteiger partial charge is 0.253 e. The van der Waals surface area contributed by atoms with Gasteiger partial charge in [0.05, 0.1) is 16.5 Å². The summed E-state index contributed by atoms with van der Waals surface area (Å²) in [6.45, 7) is 1.82. The van der Waals surface area contributed by atoms with Gasteiger partial charge in [0.2, 0.25) is 0 Å². The summed E-state index contributed by atoms with van der Waals surface area (Å²) in [4.78, 5) is 12.4. The summed E-state index contributed by atoms with van der Waals surface area (Å²) < 4.78 is 23.5. The van der Waals surface area contributed by atoms with E-state index >= 15 is 0 Å². The third-order valence-electron chi connectivity index (χ3n) is 3.25. The van der Waals surface area contributed by atoms with Crippen molar-refractivity contribution in [2.75, 3.05) is 6.26 Å². The van der Waals surface area contributed by atoms with Gasteiger partial charge in [-0.15, -0.1) is 0 Å². The highest BCUT2D eigenvalue weighted by Crippen LogP contribution is 2.19. The molecule has 0 aromatic heterocycles. The van der Waals surface area contributed by atoms with Crippen LogP contribution in [0.4, 0.5) is 0 Å². The summed E-state index contributed by atoms with van der Waals surface area (Å²) in [6.07, 6.45) is 1.09. The lowest BCUT2D eigenvalue weighted by Gasteiger charge is -2.15. The van der Waals surface area contributed by atoms with Crippen LogP contribution >= 0.6 is 11.6 Å². The van der Waals surface area contributed by atoms with Crippen molar-refractivity contribution in [1.82, 2.24) is 5.32 Å². The van der Waals surface area contributed by atoms with Gasteiger partial charge in [0.1, 0.15) is 0 Å². The van der Waals surface area contributed by atoms with Gasteiger partial charge in [0.15, 0.2) is 9.84 Å². The van der Waals surface area contributed by atoms with Crippen molar-refractivity contribution in [2.45, 2.75) is 17.9 Å². The summed E-state index contributed by atoms with van der Waals surface area (Å²) in [5.41, 5.74) is 1.03. The van der Waals surface area contributed by atoms with Gasteiger partial charge in [-0.3, -0.25) is 4.79 Å². The molecular formula is C16H16ClNO3S. The molecule has 4 nitrogen and oxygen atoms in total. The summed E-state index contributed by atoms with van der Waals surface area (Å²) in [6, 6.07) is 13.0. The average molecular weight is 338 g/mol. The first-order valence-electron chi connectivity index (χ1n) is 6.64. The predicted molar refractivity (Wildman–Crippen MR) is 86.9 cm³/mol. The molecule has 0 saturated carbocycles. The van der Waals surface area contributed by atoms with Crippen molar-refractivity contribution < 1.29 is 13.2 Å². The fourth-order valence-electron chi connectivity index (χ4n) is 2.09. The zero-order valence-corrected chi connectivity index (χ0v) is 13.8. The van der Waals surface area contributed by atoms with Crippen LogP contribution in [-0.4, -0.2) is 20.6 Å². The van der Waals surface area contributed by atoms with E-state index in [1.54, 1.807) is 24.3 Å². The van der Waals surface area contributed by atoms with Crippen LogP contribution < -0.4 is 5.32 Å². The molecule has 1 unspecified atom stereocenters. The number of nitrogens with one attached hydrogen (secondary N) is 1. The Labute approximate surface area is 135 Å². The Bertz CT molecular complexity index is 785. The van der Waals surface area contributed by atoms with Crippen LogP contribution in [-0.2, 0) is 9.84 Å². The number of carbonyl (C=O) groups excluding carboxylic acids is 1. The number of hydrogen-bond acceptors (Lipinski definition) is 3. The molecule has 6 heteroatoms. The van der Waals surface area contributed by atoms with Gasteiger partial charge >= 0.3 is 0 Å². The lowest BCUT2D eigenvalue weighted by Crippen LogP contribution is -2.28. The van der Waals surface area contributed by atoms with Crippen molar-refractivity contribution in [2.24, 2.45) is 0 Å². The van der Waals surface area contributed by atoms with E-state index in [0.717, 1.165) is 11.8 Å². The molecule has 0 aliphatic rings. The van der Waals surface area contributed by atoms with Crippen LogP contribution in [0.1, 0.15) is 28.9 Å². The maximum Gasteiger partial charge on any atom is 0.253 e. The molecule has 2 rings (SSSR count). The third-order valence-corrected chi connectivity index (χ3v) is 4.66. The average Bonchev–Trinajstić information content (AvgIpc) is 2.47. The first kappa shape index (κ1) is 16.5. The van der Waals surface area contributed by atoms with Crippen LogP contribution in [0.25, 0.3) is 0 Å². The molecule has 1 N–H and O–H groups in total. The molecule has 0 aliphatic heterocycles. The minimum atomic E-state index is -3.46. The standard InChI is InChI=1S/C16H16ClNO3S/c1-11(12-7-9-13(17)10-8-12)18-16(19)14-5-3-4-6-15(14)22(2,20)21/h3-11H,1-2H3,(H,18,19). The van der Waals surface area contributed by atoms with Gasteiger partial charge in [0.25, 0.3) is 5.91 Å². The number of amides is 1. The molecule has 116 valence electrons. The lowest BCUT2D eigenvalue weighted by atomic mass is 10.1. The molecule has 0 heterocycles. The Kier molecular flexibility index (Phi) is 4.88. The van der Waals surface area contributed by atoms with E-state index in [4.69, 9.17) is 11.6 Å². The Morgan fingerprint density at radius 3 is 2.27 bits per heavy atom. The zero-order valence-electron chi connectivity index (χ0n) is 12.2. The van der Waals surface area contributed by atoms with E-state index in [0.29, 0.717) is 5.02 Å².